The number of aliphatic hydroxyl groups is 1. The molecule has 20 heavy (non-hydrogen) atoms. The van der Waals surface area contributed by atoms with E-state index in [1.807, 2.05) is 0 Å². The van der Waals surface area contributed by atoms with Crippen molar-refractivity contribution in [2.24, 2.45) is 0 Å². The molecule has 0 aliphatic carbocycles. The van der Waals surface area contributed by atoms with Crippen LogP contribution < -0.4 is 0 Å². The van der Waals surface area contributed by atoms with Gasteiger partial charge in [-0.05, 0) is 13.3 Å². The van der Waals surface area contributed by atoms with Gasteiger partial charge in [0.2, 0.25) is 0 Å². The number of hydrogen-bond donors (Lipinski definition) is 1. The van der Waals surface area contributed by atoms with Gasteiger partial charge in [0, 0.05) is 5.33 Å². The maximum absolute atomic E-state index is 10.0. The molecule has 3 nitrogen and oxygen atoms in total. The molecule has 0 radical (unpaired) electrons. The fraction of sp³-hybridized carbons (Fsp3) is 0.938. The van der Waals surface area contributed by atoms with Crippen LogP contribution in [0.2, 0.25) is 0 Å². The molecule has 0 aliphatic heterocycles. The molecule has 0 spiro atoms. The van der Waals surface area contributed by atoms with Crippen molar-refractivity contribution >= 4 is 21.9 Å². The average molecular weight is 353 g/mol. The van der Waals surface area contributed by atoms with E-state index in [0.717, 1.165) is 0 Å². The molecule has 0 amide bonds. The second-order valence-corrected chi connectivity index (χ2v) is 5.86. The molecule has 1 unspecified atom stereocenters. The third-order valence-electron chi connectivity index (χ3n) is 3.03. The lowest BCUT2D eigenvalue weighted by molar-refractivity contribution is -0.149. The summed E-state index contributed by atoms with van der Waals surface area (Å²) in [6.45, 7) is 3.63. The van der Waals surface area contributed by atoms with Crippen molar-refractivity contribution in [2.75, 3.05) is 12.4 Å². The normalized spacial score (nSPS) is 11.4. The number of aliphatic hydroxyl groups excluding tert-OH is 1. The summed E-state index contributed by atoms with van der Waals surface area (Å²) in [5, 5.41) is 9.53. The number of carbonyl (C=O) groups excluding carboxylic acids is 1. The van der Waals surface area contributed by atoms with Gasteiger partial charge in [-0.2, -0.15) is 0 Å². The van der Waals surface area contributed by atoms with Crippen LogP contribution in [0.4, 0.5) is 0 Å². The van der Waals surface area contributed by atoms with Crippen LogP contribution in [0.1, 0.15) is 78.1 Å². The molecular formula is C16H33BrO3. The Labute approximate surface area is 133 Å². The summed E-state index contributed by atoms with van der Waals surface area (Å²) in [5.41, 5.74) is 0. The van der Waals surface area contributed by atoms with Crippen LogP contribution in [0.25, 0.3) is 0 Å². The van der Waals surface area contributed by atoms with Gasteiger partial charge >= 0.3 is 5.97 Å². The maximum atomic E-state index is 10.0. The Morgan fingerprint density at radius 3 is 1.65 bits per heavy atom. The number of carbonyl (C=O) groups is 1. The smallest absolute Gasteiger partial charge is 0.334 e. The minimum atomic E-state index is -0.995. The highest BCUT2D eigenvalue weighted by atomic mass is 79.9. The number of hydrogen-bond acceptors (Lipinski definition) is 3. The van der Waals surface area contributed by atoms with Crippen molar-refractivity contribution in [3.8, 4) is 0 Å². The zero-order valence-corrected chi connectivity index (χ0v) is 15.1. The fourth-order valence-corrected chi connectivity index (χ4v) is 2.15. The van der Waals surface area contributed by atoms with E-state index < -0.39 is 12.1 Å². The van der Waals surface area contributed by atoms with Crippen LogP contribution in [0.5, 0.6) is 0 Å². The summed E-state index contributed by atoms with van der Waals surface area (Å²) in [6, 6.07) is 0. The van der Waals surface area contributed by atoms with Crippen LogP contribution >= 0.6 is 15.9 Å². The molecule has 0 saturated carbocycles. The fourth-order valence-electron chi connectivity index (χ4n) is 1.75. The lowest BCUT2D eigenvalue weighted by atomic mass is 10.1. The Bertz CT molecular complexity index is 186. The first-order chi connectivity index (χ1) is 9.59. The summed E-state index contributed by atoms with van der Waals surface area (Å²) in [7, 11) is 1.23. The molecule has 0 bridgehead atoms. The Hall–Kier alpha value is -0.0900. The van der Waals surface area contributed by atoms with E-state index in [1.165, 1.54) is 83.6 Å². The molecule has 4 heteroatoms. The number of rotatable bonds is 11. The van der Waals surface area contributed by atoms with Gasteiger partial charge in [-0.1, -0.05) is 80.6 Å². The van der Waals surface area contributed by atoms with E-state index in [1.54, 1.807) is 0 Å². The Balaban J connectivity index is 0. The molecule has 0 rings (SSSR count). The Morgan fingerprint density at radius 2 is 1.40 bits per heavy atom. The van der Waals surface area contributed by atoms with Crippen LogP contribution in [0.15, 0.2) is 0 Å². The van der Waals surface area contributed by atoms with E-state index in [0.29, 0.717) is 0 Å². The number of esters is 1. The van der Waals surface area contributed by atoms with Gasteiger partial charge in [-0.25, -0.2) is 4.79 Å². The van der Waals surface area contributed by atoms with E-state index >= 15 is 0 Å². The highest BCUT2D eigenvalue weighted by Crippen LogP contribution is 2.10. The zero-order valence-electron chi connectivity index (χ0n) is 13.5. The minimum absolute atomic E-state index is 0.597. The van der Waals surface area contributed by atoms with Crippen LogP contribution in [-0.4, -0.2) is 29.6 Å². The van der Waals surface area contributed by atoms with Gasteiger partial charge < -0.3 is 9.84 Å². The summed E-state index contributed by atoms with van der Waals surface area (Å²) in [6.07, 6.45) is 13.3. The second-order valence-electron chi connectivity index (χ2n) is 5.07. The lowest BCUT2D eigenvalue weighted by Gasteiger charge is -2.00. The molecule has 0 saturated heterocycles. The molecular weight excluding hydrogens is 320 g/mol. The van der Waals surface area contributed by atoms with Crippen molar-refractivity contribution in [2.45, 2.75) is 84.2 Å². The molecule has 1 atom stereocenters. The molecule has 122 valence electrons. The standard InChI is InChI=1S/C12H25Br.C4H8O3/c1-2-3-4-5-6-7-8-9-10-11-12-13;1-3(5)4(6)7-2/h2-12H2,1H3;3,5H,1-2H3. The van der Waals surface area contributed by atoms with Crippen molar-refractivity contribution in [3.05, 3.63) is 0 Å². The summed E-state index contributed by atoms with van der Waals surface area (Å²) >= 11 is 3.46. The number of halogens is 1. The predicted octanol–water partition coefficient (Wildman–Crippen LogP) is 4.84. The van der Waals surface area contributed by atoms with Crippen LogP contribution in [0.3, 0.4) is 0 Å². The molecule has 1 N–H and O–H groups in total. The third-order valence-corrected chi connectivity index (χ3v) is 3.59. The number of alkyl halides is 1. The molecule has 0 aromatic heterocycles. The van der Waals surface area contributed by atoms with Gasteiger partial charge in [0.15, 0.2) is 0 Å². The minimum Gasteiger partial charge on any atom is -0.467 e. The Kier molecular flexibility index (Phi) is 21.0. The first-order valence-corrected chi connectivity index (χ1v) is 9.04. The molecule has 0 fully saturated rings. The third kappa shape index (κ3) is 20.2. The van der Waals surface area contributed by atoms with E-state index in [2.05, 4.69) is 27.6 Å². The van der Waals surface area contributed by atoms with Gasteiger partial charge in [-0.15, -0.1) is 0 Å². The van der Waals surface area contributed by atoms with Crippen LogP contribution in [0, 0.1) is 0 Å². The quantitative estimate of drug-likeness (QED) is 0.328. The SMILES string of the molecule is CCCCCCCCCCCCBr.COC(=O)C(C)O. The summed E-state index contributed by atoms with van der Waals surface area (Å²) in [4.78, 5) is 10.0. The van der Waals surface area contributed by atoms with E-state index in [4.69, 9.17) is 5.11 Å². The average Bonchev–Trinajstić information content (AvgIpc) is 2.45. The molecule has 0 aromatic rings. The zero-order chi connectivity index (χ0) is 15.6. The van der Waals surface area contributed by atoms with Crippen LogP contribution in [-0.2, 0) is 9.53 Å². The van der Waals surface area contributed by atoms with E-state index in [9.17, 15) is 4.79 Å². The monoisotopic (exact) mass is 352 g/mol. The Morgan fingerprint density at radius 1 is 1.00 bits per heavy atom. The van der Waals surface area contributed by atoms with Crippen molar-refractivity contribution in [1.82, 2.24) is 0 Å². The number of methoxy groups -OCH3 is 1. The van der Waals surface area contributed by atoms with Gasteiger partial charge in [0.25, 0.3) is 0 Å². The van der Waals surface area contributed by atoms with Gasteiger partial charge in [0.05, 0.1) is 7.11 Å². The molecule has 0 heterocycles. The number of ether oxygens (including phenoxy) is 1. The predicted molar refractivity (Wildman–Crippen MR) is 89.3 cm³/mol. The molecule has 0 aliphatic rings. The first-order valence-electron chi connectivity index (χ1n) is 7.92. The van der Waals surface area contributed by atoms with Gasteiger partial charge in [0.1, 0.15) is 6.10 Å². The summed E-state index contributed by atoms with van der Waals surface area (Å²) in [5.74, 6) is -0.597. The maximum Gasteiger partial charge on any atom is 0.334 e. The summed E-state index contributed by atoms with van der Waals surface area (Å²) < 4.78 is 4.12. The number of unbranched alkanes of at least 4 members (excludes halogenated alkanes) is 9. The topological polar surface area (TPSA) is 46.5 Å². The largest absolute Gasteiger partial charge is 0.467 e. The van der Waals surface area contributed by atoms with Crippen molar-refractivity contribution < 1.29 is 14.6 Å². The highest BCUT2D eigenvalue weighted by molar-refractivity contribution is 9.09. The first kappa shape index (κ1) is 22.2. The molecule has 0 aromatic carbocycles. The van der Waals surface area contributed by atoms with Crippen molar-refractivity contribution in [3.63, 3.8) is 0 Å². The lowest BCUT2D eigenvalue weighted by Crippen LogP contribution is -2.16. The second kappa shape index (κ2) is 18.9. The van der Waals surface area contributed by atoms with Gasteiger partial charge in [-0.3, -0.25) is 0 Å². The van der Waals surface area contributed by atoms with E-state index in [-0.39, 0.29) is 0 Å². The van der Waals surface area contributed by atoms with Crippen molar-refractivity contribution in [1.29, 1.82) is 0 Å². The highest BCUT2D eigenvalue weighted by Gasteiger charge is 2.05.